The molecule has 0 unspecified atom stereocenters. The number of methoxy groups -OCH3 is 1. The number of nitrogens with zero attached hydrogens (tertiary/aromatic N) is 3. The third-order valence-electron chi connectivity index (χ3n) is 6.85. The number of esters is 1. The molecular formula is C26H26Cl2F3N3O3. The molecule has 0 radical (unpaired) electrons. The Morgan fingerprint density at radius 2 is 1.84 bits per heavy atom. The van der Waals surface area contributed by atoms with Crippen LogP contribution in [-0.2, 0) is 22.3 Å². The molecule has 2 aromatic heterocycles. The number of aryl methyl sites for hydroxylation is 2. The van der Waals surface area contributed by atoms with E-state index in [1.807, 2.05) is 0 Å². The van der Waals surface area contributed by atoms with Crippen LogP contribution >= 0.6 is 23.2 Å². The first-order valence-corrected chi connectivity index (χ1v) is 12.5. The van der Waals surface area contributed by atoms with Gasteiger partial charge in [0.05, 0.1) is 35.5 Å². The van der Waals surface area contributed by atoms with Crippen LogP contribution in [0.3, 0.4) is 0 Å². The van der Waals surface area contributed by atoms with Crippen LogP contribution in [0.1, 0.15) is 52.1 Å². The van der Waals surface area contributed by atoms with Crippen LogP contribution in [0, 0.1) is 19.8 Å². The zero-order valence-corrected chi connectivity index (χ0v) is 22.1. The molecule has 4 rings (SSSR count). The summed E-state index contributed by atoms with van der Waals surface area (Å²) in [5.41, 5.74) is 1.27. The van der Waals surface area contributed by atoms with Crippen LogP contribution in [0.2, 0.25) is 10.0 Å². The minimum Gasteiger partial charge on any atom is -0.469 e. The Morgan fingerprint density at radius 1 is 1.16 bits per heavy atom. The summed E-state index contributed by atoms with van der Waals surface area (Å²) in [5.74, 6) is -0.337. The van der Waals surface area contributed by atoms with Crippen LogP contribution in [0.5, 0.6) is 0 Å². The number of alkyl halides is 3. The Balaban J connectivity index is 1.61. The summed E-state index contributed by atoms with van der Waals surface area (Å²) in [4.78, 5) is 30.3. The maximum Gasteiger partial charge on any atom is 0.433 e. The second-order valence-electron chi connectivity index (χ2n) is 9.33. The summed E-state index contributed by atoms with van der Waals surface area (Å²) < 4.78 is 46.4. The van der Waals surface area contributed by atoms with Gasteiger partial charge in [0, 0.05) is 41.7 Å². The third-order valence-corrected chi connectivity index (χ3v) is 7.63. The van der Waals surface area contributed by atoms with Crippen molar-refractivity contribution >= 4 is 46.0 Å². The van der Waals surface area contributed by atoms with Gasteiger partial charge in [0.25, 0.3) is 5.91 Å². The Labute approximate surface area is 222 Å². The SMILES string of the molecule is COC(=O)CC1CCN(C(=O)c2ccc(Cl)c(Cn3cc(C)c4cc(C(F)(F)F)nc(C)c43)c2Cl)CC1. The van der Waals surface area contributed by atoms with Gasteiger partial charge < -0.3 is 14.2 Å². The highest BCUT2D eigenvalue weighted by Crippen LogP contribution is 2.35. The molecule has 1 aliphatic heterocycles. The topological polar surface area (TPSA) is 64.4 Å². The number of pyridine rings is 1. The van der Waals surface area contributed by atoms with Gasteiger partial charge in [-0.05, 0) is 56.4 Å². The molecule has 0 atom stereocenters. The molecule has 198 valence electrons. The number of fused-ring (bicyclic) bond motifs is 1. The smallest absolute Gasteiger partial charge is 0.433 e. The zero-order valence-electron chi connectivity index (χ0n) is 20.6. The molecule has 3 aromatic rings. The minimum absolute atomic E-state index is 0.151. The number of hydrogen-bond donors (Lipinski definition) is 0. The predicted octanol–water partition coefficient (Wildman–Crippen LogP) is 6.44. The fraction of sp³-hybridized carbons (Fsp3) is 0.423. The van der Waals surface area contributed by atoms with Crippen LogP contribution in [0.15, 0.2) is 24.4 Å². The highest BCUT2D eigenvalue weighted by molar-refractivity contribution is 6.38. The van der Waals surface area contributed by atoms with E-state index in [0.717, 1.165) is 6.07 Å². The van der Waals surface area contributed by atoms with Gasteiger partial charge >= 0.3 is 12.1 Å². The number of likely N-dealkylation sites (tertiary alicyclic amines) is 1. The lowest BCUT2D eigenvalue weighted by Gasteiger charge is -2.32. The maximum atomic E-state index is 13.3. The molecule has 0 spiro atoms. The maximum absolute atomic E-state index is 13.3. The molecule has 0 N–H and O–H groups in total. The van der Waals surface area contributed by atoms with E-state index < -0.39 is 11.9 Å². The number of aromatic nitrogens is 2. The first kappa shape index (κ1) is 27.3. The molecule has 0 saturated carbocycles. The van der Waals surface area contributed by atoms with Crippen molar-refractivity contribution in [2.75, 3.05) is 20.2 Å². The summed E-state index contributed by atoms with van der Waals surface area (Å²) >= 11 is 13.2. The van der Waals surface area contributed by atoms with E-state index in [4.69, 9.17) is 27.9 Å². The van der Waals surface area contributed by atoms with Crippen LogP contribution < -0.4 is 0 Å². The average Bonchev–Trinajstić information content (AvgIpc) is 3.17. The minimum atomic E-state index is -4.55. The molecule has 0 aliphatic carbocycles. The van der Waals surface area contributed by atoms with Gasteiger partial charge in [-0.25, -0.2) is 4.98 Å². The number of carbonyl (C=O) groups is 2. The molecule has 37 heavy (non-hydrogen) atoms. The molecular weight excluding hydrogens is 530 g/mol. The molecule has 3 heterocycles. The first-order valence-electron chi connectivity index (χ1n) is 11.8. The number of halogens is 5. The number of benzene rings is 1. The van der Waals surface area contributed by atoms with Gasteiger partial charge in [0.1, 0.15) is 5.69 Å². The number of hydrogen-bond acceptors (Lipinski definition) is 4. The second-order valence-corrected chi connectivity index (χ2v) is 10.1. The summed E-state index contributed by atoms with van der Waals surface area (Å²) in [7, 11) is 1.36. The van der Waals surface area contributed by atoms with Crippen molar-refractivity contribution in [2.45, 2.75) is 45.8 Å². The van der Waals surface area contributed by atoms with Crippen LogP contribution in [0.25, 0.3) is 10.9 Å². The lowest BCUT2D eigenvalue weighted by Crippen LogP contribution is -2.39. The summed E-state index contributed by atoms with van der Waals surface area (Å²) in [6.07, 6.45) is -1.14. The van der Waals surface area contributed by atoms with Crippen molar-refractivity contribution in [3.63, 3.8) is 0 Å². The van der Waals surface area contributed by atoms with Crippen molar-refractivity contribution < 1.29 is 27.5 Å². The largest absolute Gasteiger partial charge is 0.469 e. The molecule has 1 fully saturated rings. The third kappa shape index (κ3) is 5.57. The lowest BCUT2D eigenvalue weighted by atomic mass is 9.93. The average molecular weight is 556 g/mol. The van der Waals surface area contributed by atoms with Crippen molar-refractivity contribution in [1.29, 1.82) is 0 Å². The molecule has 6 nitrogen and oxygen atoms in total. The van der Waals surface area contributed by atoms with Gasteiger partial charge in [-0.2, -0.15) is 13.2 Å². The van der Waals surface area contributed by atoms with Crippen molar-refractivity contribution in [3.8, 4) is 0 Å². The van der Waals surface area contributed by atoms with Gasteiger partial charge in [-0.1, -0.05) is 23.2 Å². The van der Waals surface area contributed by atoms with E-state index in [0.29, 0.717) is 65.0 Å². The van der Waals surface area contributed by atoms with Gasteiger partial charge in [0.2, 0.25) is 0 Å². The van der Waals surface area contributed by atoms with Gasteiger partial charge in [-0.15, -0.1) is 0 Å². The number of carbonyl (C=O) groups excluding carboxylic acids is 2. The normalized spacial score (nSPS) is 14.9. The summed E-state index contributed by atoms with van der Waals surface area (Å²) in [6, 6.07) is 4.23. The lowest BCUT2D eigenvalue weighted by molar-refractivity contribution is -0.142. The van der Waals surface area contributed by atoms with E-state index in [1.165, 1.54) is 14.0 Å². The molecule has 11 heteroatoms. The van der Waals surface area contributed by atoms with Crippen molar-refractivity contribution in [3.05, 3.63) is 62.5 Å². The zero-order chi connectivity index (χ0) is 27.1. The fourth-order valence-electron chi connectivity index (χ4n) is 4.87. The summed E-state index contributed by atoms with van der Waals surface area (Å²) in [5, 5.41) is 0.982. The second kappa shape index (κ2) is 10.5. The standard InChI is InChI=1S/C26H26Cl2F3N3O3/c1-14-12-34(24-15(2)32-21(11-18(14)24)26(29,30)31)13-19-20(27)5-4-17(23(19)28)25(36)33-8-6-16(7-9-33)10-22(35)37-3/h4-5,11-12,16H,6-10,13H2,1-3H3. The van der Waals surface area contributed by atoms with Crippen LogP contribution in [0.4, 0.5) is 13.2 Å². The van der Waals surface area contributed by atoms with Crippen molar-refractivity contribution in [1.82, 2.24) is 14.5 Å². The van der Waals surface area contributed by atoms with Crippen LogP contribution in [-0.4, -0.2) is 46.5 Å². The number of amides is 1. The van der Waals surface area contributed by atoms with Crippen molar-refractivity contribution in [2.24, 2.45) is 5.92 Å². The monoisotopic (exact) mass is 555 g/mol. The van der Waals surface area contributed by atoms with E-state index >= 15 is 0 Å². The van der Waals surface area contributed by atoms with E-state index in [9.17, 15) is 22.8 Å². The molecule has 0 bridgehead atoms. The van der Waals surface area contributed by atoms with Gasteiger partial charge in [-0.3, -0.25) is 9.59 Å². The highest BCUT2D eigenvalue weighted by Gasteiger charge is 2.34. The number of piperidine rings is 1. The Kier molecular flexibility index (Phi) is 7.76. The van der Waals surface area contributed by atoms with E-state index in [-0.39, 0.29) is 35.1 Å². The molecule has 1 aromatic carbocycles. The number of ether oxygens (including phenoxy) is 1. The first-order chi connectivity index (χ1) is 17.4. The summed E-state index contributed by atoms with van der Waals surface area (Å²) in [6.45, 7) is 4.38. The quantitative estimate of drug-likeness (QED) is 0.340. The Hall–Kier alpha value is -2.78. The fourth-order valence-corrected chi connectivity index (χ4v) is 5.45. The molecule has 1 aliphatic rings. The highest BCUT2D eigenvalue weighted by atomic mass is 35.5. The molecule has 1 saturated heterocycles. The van der Waals surface area contributed by atoms with E-state index in [1.54, 1.807) is 34.7 Å². The predicted molar refractivity (Wildman–Crippen MR) is 135 cm³/mol. The van der Waals surface area contributed by atoms with Gasteiger partial charge in [0.15, 0.2) is 0 Å². The Bertz CT molecular complexity index is 1360. The number of rotatable bonds is 5. The Morgan fingerprint density at radius 3 is 2.46 bits per heavy atom. The molecule has 1 amide bonds. The van der Waals surface area contributed by atoms with E-state index in [2.05, 4.69) is 4.98 Å².